The Morgan fingerprint density at radius 3 is 2.62 bits per heavy atom. The SMILES string of the molecule is C=Cc1ccc(C(F)F)cc1OC. The van der Waals surface area contributed by atoms with Gasteiger partial charge in [-0.3, -0.25) is 0 Å². The highest BCUT2D eigenvalue weighted by atomic mass is 19.3. The Kier molecular flexibility index (Phi) is 3.01. The molecular formula is C10H10F2O. The summed E-state index contributed by atoms with van der Waals surface area (Å²) in [6, 6.07) is 4.25. The van der Waals surface area contributed by atoms with Crippen molar-refractivity contribution in [3.63, 3.8) is 0 Å². The lowest BCUT2D eigenvalue weighted by atomic mass is 10.1. The lowest BCUT2D eigenvalue weighted by Gasteiger charge is -2.06. The molecule has 1 rings (SSSR count). The lowest BCUT2D eigenvalue weighted by Crippen LogP contribution is -1.90. The number of halogens is 2. The Bertz CT molecular complexity index is 308. The van der Waals surface area contributed by atoms with Gasteiger partial charge in [0.1, 0.15) is 5.75 Å². The fourth-order valence-electron chi connectivity index (χ4n) is 1.03. The Morgan fingerprint density at radius 2 is 2.15 bits per heavy atom. The van der Waals surface area contributed by atoms with Crippen LogP contribution in [0, 0.1) is 0 Å². The monoisotopic (exact) mass is 184 g/mol. The molecule has 1 nitrogen and oxygen atoms in total. The van der Waals surface area contributed by atoms with Crippen molar-refractivity contribution in [1.29, 1.82) is 0 Å². The average Bonchev–Trinajstić information content (AvgIpc) is 2.16. The van der Waals surface area contributed by atoms with Gasteiger partial charge in [-0.15, -0.1) is 0 Å². The van der Waals surface area contributed by atoms with Crippen LogP contribution in [-0.2, 0) is 0 Å². The van der Waals surface area contributed by atoms with Crippen molar-refractivity contribution in [3.05, 3.63) is 35.9 Å². The summed E-state index contributed by atoms with van der Waals surface area (Å²) in [5, 5.41) is 0. The molecule has 1 aromatic carbocycles. The summed E-state index contributed by atoms with van der Waals surface area (Å²) in [5.41, 5.74) is 0.675. The summed E-state index contributed by atoms with van der Waals surface area (Å²) in [6.07, 6.45) is -0.901. The first-order valence-corrected chi connectivity index (χ1v) is 3.77. The lowest BCUT2D eigenvalue weighted by molar-refractivity contribution is 0.151. The molecule has 70 valence electrons. The van der Waals surface area contributed by atoms with E-state index in [0.717, 1.165) is 0 Å². The minimum atomic E-state index is -2.47. The third-order valence-electron chi connectivity index (χ3n) is 1.73. The first-order valence-electron chi connectivity index (χ1n) is 3.77. The molecule has 0 bridgehead atoms. The molecule has 0 aromatic heterocycles. The van der Waals surface area contributed by atoms with E-state index in [0.29, 0.717) is 11.3 Å². The molecule has 0 aliphatic carbocycles. The fourth-order valence-corrected chi connectivity index (χ4v) is 1.03. The van der Waals surface area contributed by atoms with Crippen LogP contribution >= 0.6 is 0 Å². The zero-order chi connectivity index (χ0) is 9.84. The number of hydrogen-bond donors (Lipinski definition) is 0. The fraction of sp³-hybridized carbons (Fsp3) is 0.200. The molecule has 0 atom stereocenters. The second kappa shape index (κ2) is 4.03. The van der Waals surface area contributed by atoms with Crippen LogP contribution in [0.2, 0.25) is 0 Å². The highest BCUT2D eigenvalue weighted by Crippen LogP contribution is 2.26. The Hall–Kier alpha value is -1.38. The quantitative estimate of drug-likeness (QED) is 0.700. The second-order valence-electron chi connectivity index (χ2n) is 2.51. The van der Waals surface area contributed by atoms with Crippen molar-refractivity contribution in [1.82, 2.24) is 0 Å². The number of benzene rings is 1. The number of rotatable bonds is 3. The topological polar surface area (TPSA) is 9.23 Å². The smallest absolute Gasteiger partial charge is 0.263 e. The van der Waals surface area contributed by atoms with E-state index >= 15 is 0 Å². The van der Waals surface area contributed by atoms with E-state index in [-0.39, 0.29) is 5.56 Å². The summed E-state index contributed by atoms with van der Waals surface area (Å²) in [6.45, 7) is 3.55. The predicted octanol–water partition coefficient (Wildman–Crippen LogP) is 3.28. The van der Waals surface area contributed by atoms with Crippen LogP contribution < -0.4 is 4.74 Å². The number of methoxy groups -OCH3 is 1. The molecule has 0 N–H and O–H groups in total. The van der Waals surface area contributed by atoms with Gasteiger partial charge in [0.05, 0.1) is 7.11 Å². The van der Waals surface area contributed by atoms with Crippen LogP contribution in [0.3, 0.4) is 0 Å². The maximum atomic E-state index is 12.2. The van der Waals surface area contributed by atoms with Crippen molar-refractivity contribution >= 4 is 6.08 Å². The number of alkyl halides is 2. The van der Waals surface area contributed by atoms with E-state index in [1.165, 1.54) is 19.2 Å². The predicted molar refractivity (Wildman–Crippen MR) is 48.0 cm³/mol. The minimum absolute atomic E-state index is 0.0394. The van der Waals surface area contributed by atoms with E-state index in [1.807, 2.05) is 0 Å². The van der Waals surface area contributed by atoms with Crippen LogP contribution in [-0.4, -0.2) is 7.11 Å². The van der Waals surface area contributed by atoms with Crippen molar-refractivity contribution in [2.24, 2.45) is 0 Å². The molecule has 1 aromatic rings. The first-order chi connectivity index (χ1) is 6.19. The van der Waals surface area contributed by atoms with E-state index in [1.54, 1.807) is 12.1 Å². The van der Waals surface area contributed by atoms with Gasteiger partial charge in [-0.2, -0.15) is 0 Å². The molecule has 0 aliphatic rings. The molecule has 0 radical (unpaired) electrons. The van der Waals surface area contributed by atoms with E-state index in [4.69, 9.17) is 4.74 Å². The van der Waals surface area contributed by atoms with Gasteiger partial charge in [0.15, 0.2) is 0 Å². The summed E-state index contributed by atoms with van der Waals surface area (Å²) in [7, 11) is 1.44. The van der Waals surface area contributed by atoms with Crippen LogP contribution in [0.5, 0.6) is 5.75 Å². The molecule has 0 aliphatic heterocycles. The van der Waals surface area contributed by atoms with Crippen molar-refractivity contribution < 1.29 is 13.5 Å². The number of ether oxygens (including phenoxy) is 1. The Balaban J connectivity index is 3.12. The van der Waals surface area contributed by atoms with E-state index in [9.17, 15) is 8.78 Å². The van der Waals surface area contributed by atoms with Gasteiger partial charge in [0, 0.05) is 11.1 Å². The molecule has 3 heteroatoms. The maximum Gasteiger partial charge on any atom is 0.263 e. The molecule has 0 saturated carbocycles. The molecule has 0 fully saturated rings. The van der Waals surface area contributed by atoms with Crippen LogP contribution in [0.25, 0.3) is 6.08 Å². The Morgan fingerprint density at radius 1 is 1.46 bits per heavy atom. The largest absolute Gasteiger partial charge is 0.496 e. The molecule has 0 saturated heterocycles. The standard InChI is InChI=1S/C10H10F2O/c1-3-7-4-5-8(10(11)12)6-9(7)13-2/h3-6,10H,1H2,2H3. The summed E-state index contributed by atoms with van der Waals surface area (Å²) < 4.78 is 29.4. The zero-order valence-corrected chi connectivity index (χ0v) is 7.26. The van der Waals surface area contributed by atoms with Crippen LogP contribution in [0.15, 0.2) is 24.8 Å². The van der Waals surface area contributed by atoms with Gasteiger partial charge in [-0.25, -0.2) is 8.78 Å². The Labute approximate surface area is 75.6 Å². The van der Waals surface area contributed by atoms with Crippen LogP contribution in [0.4, 0.5) is 8.78 Å². The third kappa shape index (κ3) is 2.05. The van der Waals surface area contributed by atoms with Crippen LogP contribution in [0.1, 0.15) is 17.6 Å². The van der Waals surface area contributed by atoms with Gasteiger partial charge >= 0.3 is 0 Å². The molecular weight excluding hydrogens is 174 g/mol. The second-order valence-corrected chi connectivity index (χ2v) is 2.51. The van der Waals surface area contributed by atoms with Crippen molar-refractivity contribution in [2.45, 2.75) is 6.43 Å². The van der Waals surface area contributed by atoms with Crippen molar-refractivity contribution in [3.8, 4) is 5.75 Å². The molecule has 0 heterocycles. The third-order valence-corrected chi connectivity index (χ3v) is 1.73. The summed E-state index contributed by atoms with van der Waals surface area (Å²) >= 11 is 0. The molecule has 0 amide bonds. The van der Waals surface area contributed by atoms with E-state index in [2.05, 4.69) is 6.58 Å². The minimum Gasteiger partial charge on any atom is -0.496 e. The number of hydrogen-bond acceptors (Lipinski definition) is 1. The molecule has 13 heavy (non-hydrogen) atoms. The van der Waals surface area contributed by atoms with Gasteiger partial charge in [-0.1, -0.05) is 24.8 Å². The summed E-state index contributed by atoms with van der Waals surface area (Å²) in [5.74, 6) is 0.424. The van der Waals surface area contributed by atoms with Gasteiger partial charge in [0.2, 0.25) is 0 Å². The van der Waals surface area contributed by atoms with E-state index < -0.39 is 6.43 Å². The molecule has 0 spiro atoms. The van der Waals surface area contributed by atoms with Gasteiger partial charge in [0.25, 0.3) is 6.43 Å². The van der Waals surface area contributed by atoms with Crippen molar-refractivity contribution in [2.75, 3.05) is 7.11 Å². The highest BCUT2D eigenvalue weighted by Gasteiger charge is 2.09. The average molecular weight is 184 g/mol. The zero-order valence-electron chi connectivity index (χ0n) is 7.26. The van der Waals surface area contributed by atoms with Gasteiger partial charge < -0.3 is 4.74 Å². The van der Waals surface area contributed by atoms with Gasteiger partial charge in [-0.05, 0) is 6.07 Å². The highest BCUT2D eigenvalue weighted by molar-refractivity contribution is 5.56. The summed E-state index contributed by atoms with van der Waals surface area (Å²) in [4.78, 5) is 0. The molecule has 0 unspecified atom stereocenters. The normalized spacial score (nSPS) is 10.2. The maximum absolute atomic E-state index is 12.2. The first kappa shape index (κ1) is 9.71.